The molecule has 0 saturated carbocycles. The molecule has 3 nitrogen and oxygen atoms in total. The van der Waals surface area contributed by atoms with Crippen molar-refractivity contribution >= 4 is 17.7 Å². The van der Waals surface area contributed by atoms with Crippen molar-refractivity contribution in [2.24, 2.45) is 0 Å². The van der Waals surface area contributed by atoms with Gasteiger partial charge in [0, 0.05) is 5.56 Å². The normalized spacial score (nSPS) is 19.9. The number of amides is 1. The van der Waals surface area contributed by atoms with E-state index in [9.17, 15) is 13.6 Å². The smallest absolute Gasteiger partial charge is 0.407 e. The van der Waals surface area contributed by atoms with E-state index in [1.807, 2.05) is 0 Å². The zero-order valence-corrected chi connectivity index (χ0v) is 8.15. The number of carbonyl (C=O) groups excluding carboxylic acids is 1. The minimum Gasteiger partial charge on any atom is -0.447 e. The zero-order chi connectivity index (χ0) is 11.0. The van der Waals surface area contributed by atoms with Crippen LogP contribution in [-0.4, -0.2) is 12.7 Å². The lowest BCUT2D eigenvalue weighted by Crippen LogP contribution is -2.19. The molecule has 1 unspecified atom stereocenters. The molecule has 15 heavy (non-hydrogen) atoms. The van der Waals surface area contributed by atoms with Crippen molar-refractivity contribution in [2.75, 3.05) is 6.61 Å². The first-order valence-electron chi connectivity index (χ1n) is 4.16. The SMILES string of the molecule is O=C1NC(c2ccc(F)c(Cl)c2F)CO1. The van der Waals surface area contributed by atoms with Crippen LogP contribution >= 0.6 is 11.6 Å². The van der Waals surface area contributed by atoms with E-state index in [2.05, 4.69) is 10.1 Å². The van der Waals surface area contributed by atoms with Gasteiger partial charge < -0.3 is 10.1 Å². The molecule has 1 aliphatic rings. The van der Waals surface area contributed by atoms with Gasteiger partial charge in [-0.2, -0.15) is 0 Å². The third-order valence-corrected chi connectivity index (χ3v) is 2.46. The van der Waals surface area contributed by atoms with Crippen molar-refractivity contribution in [3.8, 4) is 0 Å². The fourth-order valence-corrected chi connectivity index (χ4v) is 1.53. The maximum Gasteiger partial charge on any atom is 0.407 e. The Bertz CT molecular complexity index is 425. The van der Waals surface area contributed by atoms with Crippen LogP contribution in [0.5, 0.6) is 0 Å². The molecule has 6 heteroatoms. The lowest BCUT2D eigenvalue weighted by Gasteiger charge is -2.09. The Hall–Kier alpha value is -1.36. The van der Waals surface area contributed by atoms with Gasteiger partial charge in [-0.1, -0.05) is 17.7 Å². The number of hydrogen-bond acceptors (Lipinski definition) is 2. The molecule has 1 aromatic carbocycles. The largest absolute Gasteiger partial charge is 0.447 e. The number of carbonyl (C=O) groups is 1. The summed E-state index contributed by atoms with van der Waals surface area (Å²) in [7, 11) is 0. The molecule has 1 heterocycles. The monoisotopic (exact) mass is 233 g/mol. The standard InChI is InChI=1S/C9H6ClF2NO2/c10-7-5(11)2-1-4(8(7)12)6-3-15-9(14)13-6/h1-2,6H,3H2,(H,13,14). The summed E-state index contributed by atoms with van der Waals surface area (Å²) < 4.78 is 30.9. The molecule has 0 spiro atoms. The molecular formula is C9H6ClF2NO2. The molecule has 2 rings (SSSR count). The third kappa shape index (κ3) is 1.74. The number of alkyl carbamates (subject to hydrolysis) is 1. The fraction of sp³-hybridized carbons (Fsp3) is 0.222. The molecule has 80 valence electrons. The van der Waals surface area contributed by atoms with E-state index < -0.39 is 28.8 Å². The molecule has 0 aromatic heterocycles. The van der Waals surface area contributed by atoms with E-state index >= 15 is 0 Å². The maximum atomic E-state index is 13.5. The predicted octanol–water partition coefficient (Wildman–Crippen LogP) is 2.40. The second-order valence-corrected chi connectivity index (χ2v) is 3.44. The van der Waals surface area contributed by atoms with Crippen molar-refractivity contribution in [3.63, 3.8) is 0 Å². The summed E-state index contributed by atoms with van der Waals surface area (Å²) in [6.07, 6.45) is -0.625. The number of halogens is 3. The molecule has 1 aromatic rings. The molecule has 1 fully saturated rings. The molecule has 1 N–H and O–H groups in total. The van der Waals surface area contributed by atoms with Crippen LogP contribution in [0.25, 0.3) is 0 Å². The molecule has 1 aliphatic heterocycles. The van der Waals surface area contributed by atoms with E-state index in [-0.39, 0.29) is 12.2 Å². The van der Waals surface area contributed by atoms with Crippen LogP contribution < -0.4 is 5.32 Å². The zero-order valence-electron chi connectivity index (χ0n) is 7.39. The van der Waals surface area contributed by atoms with E-state index in [0.29, 0.717) is 0 Å². The minimum absolute atomic E-state index is 0.0116. The highest BCUT2D eigenvalue weighted by Crippen LogP contribution is 2.27. The van der Waals surface area contributed by atoms with Crippen molar-refractivity contribution in [3.05, 3.63) is 34.4 Å². The van der Waals surface area contributed by atoms with Gasteiger partial charge in [-0.3, -0.25) is 0 Å². The summed E-state index contributed by atoms with van der Waals surface area (Å²) in [4.78, 5) is 10.7. The van der Waals surface area contributed by atoms with Gasteiger partial charge in [0.2, 0.25) is 0 Å². The number of ether oxygens (including phenoxy) is 1. The molecule has 1 amide bonds. The van der Waals surface area contributed by atoms with Gasteiger partial charge in [0.25, 0.3) is 0 Å². The summed E-state index contributed by atoms with van der Waals surface area (Å²) in [6, 6.07) is 1.66. The van der Waals surface area contributed by atoms with Crippen LogP contribution in [0.3, 0.4) is 0 Å². The molecule has 0 radical (unpaired) electrons. The summed E-state index contributed by atoms with van der Waals surface area (Å²) in [5.74, 6) is -1.70. The number of rotatable bonds is 1. The number of nitrogens with one attached hydrogen (secondary N) is 1. The number of benzene rings is 1. The Balaban J connectivity index is 2.37. The van der Waals surface area contributed by atoms with Crippen LogP contribution in [-0.2, 0) is 4.74 Å². The first-order valence-corrected chi connectivity index (χ1v) is 4.54. The second kappa shape index (κ2) is 3.66. The quantitative estimate of drug-likeness (QED) is 0.757. The van der Waals surface area contributed by atoms with Crippen LogP contribution in [0, 0.1) is 11.6 Å². The summed E-state index contributed by atoms with van der Waals surface area (Å²) in [5, 5.41) is 1.80. The Morgan fingerprint density at radius 1 is 1.47 bits per heavy atom. The van der Waals surface area contributed by atoms with Crippen molar-refractivity contribution in [1.82, 2.24) is 5.32 Å². The summed E-state index contributed by atoms with van der Waals surface area (Å²) in [5.41, 5.74) is 0.118. The number of cyclic esters (lactones) is 1. The Labute approximate surface area is 89.0 Å². The minimum atomic E-state index is -0.868. The van der Waals surface area contributed by atoms with Crippen molar-refractivity contribution < 1.29 is 18.3 Å². The van der Waals surface area contributed by atoms with Crippen LogP contribution in [0.15, 0.2) is 12.1 Å². The van der Waals surface area contributed by atoms with Gasteiger partial charge in [0.1, 0.15) is 23.3 Å². The predicted molar refractivity (Wildman–Crippen MR) is 48.6 cm³/mol. The Kier molecular flexibility index (Phi) is 2.48. The number of hydrogen-bond donors (Lipinski definition) is 1. The van der Waals surface area contributed by atoms with Crippen LogP contribution in [0.2, 0.25) is 5.02 Å². The molecule has 0 aliphatic carbocycles. The first kappa shape index (κ1) is 10.2. The van der Waals surface area contributed by atoms with Gasteiger partial charge in [-0.25, -0.2) is 13.6 Å². The van der Waals surface area contributed by atoms with Gasteiger partial charge in [-0.15, -0.1) is 0 Å². The summed E-state index contributed by atoms with van der Waals surface area (Å²) >= 11 is 5.39. The molecule has 0 bridgehead atoms. The van der Waals surface area contributed by atoms with Gasteiger partial charge >= 0.3 is 6.09 Å². The lowest BCUT2D eigenvalue weighted by atomic mass is 10.1. The van der Waals surface area contributed by atoms with Crippen LogP contribution in [0.1, 0.15) is 11.6 Å². The highest BCUT2D eigenvalue weighted by Gasteiger charge is 2.27. The van der Waals surface area contributed by atoms with Crippen molar-refractivity contribution in [2.45, 2.75) is 6.04 Å². The van der Waals surface area contributed by atoms with Gasteiger partial charge in [0.15, 0.2) is 0 Å². The molecule has 1 atom stereocenters. The lowest BCUT2D eigenvalue weighted by molar-refractivity contribution is 0.176. The van der Waals surface area contributed by atoms with Gasteiger partial charge in [0.05, 0.1) is 6.04 Å². The average Bonchev–Trinajstić information content (AvgIpc) is 2.61. The first-order chi connectivity index (χ1) is 7.09. The van der Waals surface area contributed by atoms with Crippen molar-refractivity contribution in [1.29, 1.82) is 0 Å². The Morgan fingerprint density at radius 3 is 2.80 bits per heavy atom. The van der Waals surface area contributed by atoms with E-state index in [1.54, 1.807) is 0 Å². The average molecular weight is 234 g/mol. The fourth-order valence-electron chi connectivity index (χ4n) is 1.36. The van der Waals surface area contributed by atoms with E-state index in [4.69, 9.17) is 11.6 Å². The highest BCUT2D eigenvalue weighted by molar-refractivity contribution is 6.30. The maximum absolute atomic E-state index is 13.5. The van der Waals surface area contributed by atoms with E-state index in [1.165, 1.54) is 6.07 Å². The van der Waals surface area contributed by atoms with Gasteiger partial charge in [-0.05, 0) is 6.07 Å². The topological polar surface area (TPSA) is 38.3 Å². The highest BCUT2D eigenvalue weighted by atomic mass is 35.5. The molecule has 1 saturated heterocycles. The molecular weight excluding hydrogens is 228 g/mol. The second-order valence-electron chi connectivity index (χ2n) is 3.06. The summed E-state index contributed by atoms with van der Waals surface area (Å²) in [6.45, 7) is 0.0116. The van der Waals surface area contributed by atoms with Crippen LogP contribution in [0.4, 0.5) is 13.6 Å². The van der Waals surface area contributed by atoms with E-state index in [0.717, 1.165) is 6.07 Å². The Morgan fingerprint density at radius 2 is 2.20 bits per heavy atom. The third-order valence-electron chi connectivity index (χ3n) is 2.11.